The Kier molecular flexibility index (Phi) is 5.22. The van der Waals surface area contributed by atoms with Gasteiger partial charge in [0.25, 0.3) is 0 Å². The maximum atomic E-state index is 6.68. The number of pyridine rings is 1. The molecule has 1 aromatic rings. The van der Waals surface area contributed by atoms with E-state index in [4.69, 9.17) is 10.5 Å². The molecular formula is C17H29N3O. The first-order chi connectivity index (χ1) is 9.99. The van der Waals surface area contributed by atoms with Crippen LogP contribution in [0.5, 0.6) is 5.75 Å². The van der Waals surface area contributed by atoms with Gasteiger partial charge in [-0.05, 0) is 64.3 Å². The molecule has 0 amide bonds. The summed E-state index contributed by atoms with van der Waals surface area (Å²) in [5.41, 5.74) is 7.78. The zero-order valence-electron chi connectivity index (χ0n) is 13.8. The van der Waals surface area contributed by atoms with E-state index < -0.39 is 0 Å². The van der Waals surface area contributed by atoms with Gasteiger partial charge < -0.3 is 15.4 Å². The van der Waals surface area contributed by atoms with E-state index >= 15 is 0 Å². The number of hydrogen-bond donors (Lipinski definition) is 1. The molecule has 1 heterocycles. The lowest BCUT2D eigenvalue weighted by atomic mass is 9.71. The van der Waals surface area contributed by atoms with Gasteiger partial charge in [0.05, 0.1) is 12.8 Å². The summed E-state index contributed by atoms with van der Waals surface area (Å²) in [4.78, 5) is 6.62. The van der Waals surface area contributed by atoms with Gasteiger partial charge >= 0.3 is 0 Å². The summed E-state index contributed by atoms with van der Waals surface area (Å²) in [6.45, 7) is 4.97. The first-order valence-corrected chi connectivity index (χ1v) is 8.00. The molecule has 1 atom stereocenters. The van der Waals surface area contributed by atoms with Gasteiger partial charge in [-0.2, -0.15) is 0 Å². The Labute approximate surface area is 128 Å². The topological polar surface area (TPSA) is 51.4 Å². The summed E-state index contributed by atoms with van der Waals surface area (Å²) in [6, 6.07) is 2.01. The van der Waals surface area contributed by atoms with Crippen LogP contribution in [0.25, 0.3) is 0 Å². The predicted octanol–water partition coefficient (Wildman–Crippen LogP) is 2.99. The van der Waals surface area contributed by atoms with Crippen LogP contribution < -0.4 is 10.5 Å². The smallest absolute Gasteiger partial charge is 0.137 e. The third kappa shape index (κ3) is 3.38. The monoisotopic (exact) mass is 291 g/mol. The Morgan fingerprint density at radius 2 is 2.05 bits per heavy atom. The fourth-order valence-corrected chi connectivity index (χ4v) is 3.46. The van der Waals surface area contributed by atoms with Crippen LogP contribution in [0.2, 0.25) is 0 Å². The molecule has 1 aliphatic carbocycles. The standard InChI is InChI=1S/C17H29N3O/c1-5-21-15-10-14(11-19-12-15)16(18)17(20(3)4)8-6-13(2)7-9-17/h10-13,16H,5-9,18H2,1-4H3. The molecule has 2 rings (SSSR count). The van der Waals surface area contributed by atoms with E-state index in [1.807, 2.05) is 19.2 Å². The molecule has 2 N–H and O–H groups in total. The van der Waals surface area contributed by atoms with Gasteiger partial charge in [-0.25, -0.2) is 0 Å². The predicted molar refractivity (Wildman–Crippen MR) is 86.4 cm³/mol. The molecule has 0 radical (unpaired) electrons. The highest BCUT2D eigenvalue weighted by Gasteiger charge is 2.42. The van der Waals surface area contributed by atoms with Crippen molar-refractivity contribution in [3.05, 3.63) is 24.0 Å². The minimum atomic E-state index is -0.0343. The normalized spacial score (nSPS) is 27.6. The Morgan fingerprint density at radius 1 is 1.38 bits per heavy atom. The average Bonchev–Trinajstić information content (AvgIpc) is 2.48. The second kappa shape index (κ2) is 6.75. The van der Waals surface area contributed by atoms with Crippen LogP contribution in [0.15, 0.2) is 18.5 Å². The van der Waals surface area contributed by atoms with Crippen LogP contribution in [0.1, 0.15) is 51.1 Å². The number of aromatic nitrogens is 1. The van der Waals surface area contributed by atoms with Crippen LogP contribution in [0, 0.1) is 5.92 Å². The Hall–Kier alpha value is -1.13. The summed E-state index contributed by atoms with van der Waals surface area (Å²) >= 11 is 0. The lowest BCUT2D eigenvalue weighted by molar-refractivity contribution is 0.0562. The van der Waals surface area contributed by atoms with Crippen molar-refractivity contribution in [3.8, 4) is 5.75 Å². The van der Waals surface area contributed by atoms with Crippen LogP contribution >= 0.6 is 0 Å². The quantitative estimate of drug-likeness (QED) is 0.906. The van der Waals surface area contributed by atoms with Gasteiger partial charge in [-0.3, -0.25) is 4.98 Å². The van der Waals surface area contributed by atoms with Crippen LogP contribution in [0.4, 0.5) is 0 Å². The maximum absolute atomic E-state index is 6.68. The molecule has 1 unspecified atom stereocenters. The maximum Gasteiger partial charge on any atom is 0.137 e. The van der Waals surface area contributed by atoms with Crippen LogP contribution in [-0.2, 0) is 0 Å². The number of rotatable bonds is 5. The fraction of sp³-hybridized carbons (Fsp3) is 0.706. The lowest BCUT2D eigenvalue weighted by Crippen LogP contribution is -2.54. The van der Waals surface area contributed by atoms with Gasteiger partial charge in [-0.1, -0.05) is 6.92 Å². The van der Waals surface area contributed by atoms with Crippen molar-refractivity contribution < 1.29 is 4.74 Å². The van der Waals surface area contributed by atoms with E-state index in [9.17, 15) is 0 Å². The third-order valence-electron chi connectivity index (χ3n) is 5.01. The van der Waals surface area contributed by atoms with Crippen molar-refractivity contribution in [3.63, 3.8) is 0 Å². The molecule has 4 heteroatoms. The second-order valence-electron chi connectivity index (χ2n) is 6.55. The molecule has 1 aromatic heterocycles. The highest BCUT2D eigenvalue weighted by atomic mass is 16.5. The second-order valence-corrected chi connectivity index (χ2v) is 6.55. The summed E-state index contributed by atoms with van der Waals surface area (Å²) in [7, 11) is 4.30. The molecule has 1 saturated carbocycles. The molecule has 0 aromatic carbocycles. The number of hydrogen-bond acceptors (Lipinski definition) is 4. The molecule has 21 heavy (non-hydrogen) atoms. The van der Waals surface area contributed by atoms with Gasteiger partial charge in [0.15, 0.2) is 0 Å². The number of ether oxygens (including phenoxy) is 1. The zero-order valence-corrected chi connectivity index (χ0v) is 13.8. The van der Waals surface area contributed by atoms with Crippen LogP contribution in [0.3, 0.4) is 0 Å². The highest BCUT2D eigenvalue weighted by molar-refractivity contribution is 5.28. The first-order valence-electron chi connectivity index (χ1n) is 8.00. The van der Waals surface area contributed by atoms with E-state index in [0.717, 1.165) is 30.1 Å². The largest absolute Gasteiger partial charge is 0.492 e. The number of likely N-dealkylation sites (N-methyl/N-ethyl adjacent to an activating group) is 1. The fourth-order valence-electron chi connectivity index (χ4n) is 3.46. The average molecular weight is 291 g/mol. The molecule has 1 aliphatic rings. The molecule has 0 spiro atoms. The highest BCUT2D eigenvalue weighted by Crippen LogP contribution is 2.42. The van der Waals surface area contributed by atoms with Gasteiger partial charge in [-0.15, -0.1) is 0 Å². The Morgan fingerprint density at radius 3 is 2.62 bits per heavy atom. The van der Waals surface area contributed by atoms with E-state index in [2.05, 4.69) is 30.9 Å². The third-order valence-corrected chi connectivity index (χ3v) is 5.01. The molecule has 0 bridgehead atoms. The zero-order chi connectivity index (χ0) is 15.5. The summed E-state index contributed by atoms with van der Waals surface area (Å²) < 4.78 is 5.56. The van der Waals surface area contributed by atoms with Crippen molar-refractivity contribution in [2.24, 2.45) is 11.7 Å². The van der Waals surface area contributed by atoms with Crippen molar-refractivity contribution in [1.29, 1.82) is 0 Å². The summed E-state index contributed by atoms with van der Waals surface area (Å²) in [6.07, 6.45) is 8.40. The van der Waals surface area contributed by atoms with Crippen molar-refractivity contribution in [1.82, 2.24) is 9.88 Å². The van der Waals surface area contributed by atoms with E-state index in [1.165, 1.54) is 12.8 Å². The number of nitrogens with two attached hydrogens (primary N) is 1. The summed E-state index contributed by atoms with van der Waals surface area (Å²) in [5, 5.41) is 0. The van der Waals surface area contributed by atoms with E-state index in [1.54, 1.807) is 6.20 Å². The van der Waals surface area contributed by atoms with Gasteiger partial charge in [0.2, 0.25) is 0 Å². The Balaban J connectivity index is 2.26. The molecule has 118 valence electrons. The first kappa shape index (κ1) is 16.2. The van der Waals surface area contributed by atoms with Gasteiger partial charge in [0, 0.05) is 17.8 Å². The van der Waals surface area contributed by atoms with Crippen LogP contribution in [-0.4, -0.2) is 36.1 Å². The minimum absolute atomic E-state index is 0.0268. The molecule has 4 nitrogen and oxygen atoms in total. The summed E-state index contributed by atoms with van der Waals surface area (Å²) in [5.74, 6) is 1.61. The van der Waals surface area contributed by atoms with Gasteiger partial charge in [0.1, 0.15) is 5.75 Å². The van der Waals surface area contributed by atoms with Crippen molar-refractivity contribution in [2.45, 2.75) is 51.1 Å². The molecule has 0 saturated heterocycles. The molecular weight excluding hydrogens is 262 g/mol. The Bertz CT molecular complexity index is 453. The number of nitrogens with zero attached hydrogens (tertiary/aromatic N) is 2. The molecule has 1 fully saturated rings. The van der Waals surface area contributed by atoms with E-state index in [-0.39, 0.29) is 11.6 Å². The molecule has 0 aliphatic heterocycles. The van der Waals surface area contributed by atoms with Crippen molar-refractivity contribution >= 4 is 0 Å². The minimum Gasteiger partial charge on any atom is -0.492 e. The SMILES string of the molecule is CCOc1cncc(C(N)C2(N(C)C)CCC(C)CC2)c1. The van der Waals surface area contributed by atoms with Crippen molar-refractivity contribution in [2.75, 3.05) is 20.7 Å². The lowest BCUT2D eigenvalue weighted by Gasteiger charge is -2.48. The van der Waals surface area contributed by atoms with E-state index in [0.29, 0.717) is 6.61 Å².